The summed E-state index contributed by atoms with van der Waals surface area (Å²) in [4.78, 5) is 13.0. The van der Waals surface area contributed by atoms with Gasteiger partial charge in [-0.25, -0.2) is 4.79 Å². The molecule has 2 aliphatic rings. The largest absolute Gasteiger partial charge is 0.444 e. The Kier molecular flexibility index (Phi) is 2.18. The standard InChI is InChI=1S/C10H17NO2/c1-7-9(8-5-3-4-6-8)13-10(12)11(7)2/h7-9H,3-6H2,1-2H3/t7-,9-/m0/s1. The topological polar surface area (TPSA) is 29.5 Å². The van der Waals surface area contributed by atoms with Gasteiger partial charge in [0.2, 0.25) is 0 Å². The first-order valence-corrected chi connectivity index (χ1v) is 5.13. The van der Waals surface area contributed by atoms with Gasteiger partial charge in [-0.15, -0.1) is 0 Å². The minimum atomic E-state index is -0.149. The van der Waals surface area contributed by atoms with E-state index in [4.69, 9.17) is 4.74 Å². The molecule has 1 saturated carbocycles. The van der Waals surface area contributed by atoms with Crippen molar-refractivity contribution < 1.29 is 9.53 Å². The molecule has 3 heteroatoms. The number of likely N-dealkylation sites (N-methyl/N-ethyl adjacent to an activating group) is 1. The van der Waals surface area contributed by atoms with Crippen molar-refractivity contribution >= 4 is 6.09 Å². The molecule has 2 rings (SSSR count). The van der Waals surface area contributed by atoms with Gasteiger partial charge in [0.25, 0.3) is 0 Å². The van der Waals surface area contributed by atoms with Gasteiger partial charge in [0.05, 0.1) is 6.04 Å². The first-order valence-electron chi connectivity index (χ1n) is 5.13. The zero-order valence-corrected chi connectivity index (χ0v) is 8.32. The number of hydrogen-bond acceptors (Lipinski definition) is 2. The van der Waals surface area contributed by atoms with Crippen LogP contribution >= 0.6 is 0 Å². The Morgan fingerprint density at radius 1 is 1.38 bits per heavy atom. The lowest BCUT2D eigenvalue weighted by atomic mass is 9.96. The number of hydrogen-bond donors (Lipinski definition) is 0. The fourth-order valence-corrected chi connectivity index (χ4v) is 2.46. The number of carbonyl (C=O) groups excluding carboxylic acids is 1. The molecular weight excluding hydrogens is 166 g/mol. The highest BCUT2D eigenvalue weighted by atomic mass is 16.6. The van der Waals surface area contributed by atoms with Crippen LogP contribution in [0.15, 0.2) is 0 Å². The minimum Gasteiger partial charge on any atom is -0.444 e. The second-order valence-corrected chi connectivity index (χ2v) is 4.24. The van der Waals surface area contributed by atoms with Crippen molar-refractivity contribution in [1.82, 2.24) is 4.90 Å². The third-order valence-corrected chi connectivity index (χ3v) is 3.48. The Morgan fingerprint density at radius 2 is 2.00 bits per heavy atom. The summed E-state index contributed by atoms with van der Waals surface area (Å²) in [6, 6.07) is 0.260. The Bertz CT molecular complexity index is 211. The summed E-state index contributed by atoms with van der Waals surface area (Å²) in [5, 5.41) is 0. The van der Waals surface area contributed by atoms with E-state index in [1.54, 1.807) is 4.90 Å². The van der Waals surface area contributed by atoms with E-state index in [0.29, 0.717) is 5.92 Å². The van der Waals surface area contributed by atoms with E-state index in [2.05, 4.69) is 6.92 Å². The second-order valence-electron chi connectivity index (χ2n) is 4.24. The zero-order valence-electron chi connectivity index (χ0n) is 8.32. The Balaban J connectivity index is 2.04. The average molecular weight is 183 g/mol. The van der Waals surface area contributed by atoms with Crippen LogP contribution in [0.5, 0.6) is 0 Å². The van der Waals surface area contributed by atoms with Crippen molar-refractivity contribution in [3.8, 4) is 0 Å². The van der Waals surface area contributed by atoms with Crippen LogP contribution < -0.4 is 0 Å². The summed E-state index contributed by atoms with van der Waals surface area (Å²) in [6.45, 7) is 2.08. The molecule has 0 unspecified atom stereocenters. The van der Waals surface area contributed by atoms with Gasteiger partial charge < -0.3 is 9.64 Å². The first-order chi connectivity index (χ1) is 6.20. The number of cyclic esters (lactones) is 1. The van der Waals surface area contributed by atoms with E-state index in [1.807, 2.05) is 7.05 Å². The smallest absolute Gasteiger partial charge is 0.410 e. The van der Waals surface area contributed by atoms with Crippen LogP contribution in [-0.2, 0) is 4.74 Å². The fourth-order valence-electron chi connectivity index (χ4n) is 2.46. The maximum Gasteiger partial charge on any atom is 0.410 e. The number of ether oxygens (including phenoxy) is 1. The third-order valence-electron chi connectivity index (χ3n) is 3.48. The summed E-state index contributed by atoms with van der Waals surface area (Å²) < 4.78 is 5.36. The molecule has 13 heavy (non-hydrogen) atoms. The van der Waals surface area contributed by atoms with E-state index in [9.17, 15) is 4.79 Å². The quantitative estimate of drug-likeness (QED) is 0.622. The fraction of sp³-hybridized carbons (Fsp3) is 0.900. The molecule has 0 aromatic heterocycles. The van der Waals surface area contributed by atoms with Gasteiger partial charge >= 0.3 is 6.09 Å². The van der Waals surface area contributed by atoms with Gasteiger partial charge in [-0.2, -0.15) is 0 Å². The third kappa shape index (κ3) is 1.40. The molecule has 0 aromatic rings. The molecule has 2 atom stereocenters. The molecule has 3 nitrogen and oxygen atoms in total. The maximum atomic E-state index is 11.3. The molecule has 74 valence electrons. The summed E-state index contributed by atoms with van der Waals surface area (Å²) in [6.07, 6.45) is 5.07. The Hall–Kier alpha value is -0.730. The molecule has 0 aromatic carbocycles. The molecule has 1 heterocycles. The van der Waals surface area contributed by atoms with Crippen molar-refractivity contribution in [3.63, 3.8) is 0 Å². The molecule has 0 spiro atoms. The predicted molar refractivity (Wildman–Crippen MR) is 49.5 cm³/mol. The lowest BCUT2D eigenvalue weighted by Crippen LogP contribution is -2.33. The van der Waals surface area contributed by atoms with Gasteiger partial charge in [0.1, 0.15) is 6.10 Å². The molecule has 2 fully saturated rings. The van der Waals surface area contributed by atoms with Crippen LogP contribution in [0.1, 0.15) is 32.6 Å². The molecule has 0 N–H and O–H groups in total. The van der Waals surface area contributed by atoms with Gasteiger partial charge in [-0.05, 0) is 25.7 Å². The number of carbonyl (C=O) groups is 1. The Labute approximate surface area is 79.0 Å². The molecule has 1 aliphatic heterocycles. The molecule has 1 saturated heterocycles. The monoisotopic (exact) mass is 183 g/mol. The molecule has 0 bridgehead atoms. The average Bonchev–Trinajstić information content (AvgIpc) is 2.70. The van der Waals surface area contributed by atoms with E-state index in [0.717, 1.165) is 0 Å². The normalized spacial score (nSPS) is 35.5. The highest BCUT2D eigenvalue weighted by Crippen LogP contribution is 2.34. The van der Waals surface area contributed by atoms with Crippen molar-refractivity contribution in [2.24, 2.45) is 5.92 Å². The van der Waals surface area contributed by atoms with Crippen LogP contribution in [0.2, 0.25) is 0 Å². The van der Waals surface area contributed by atoms with Crippen LogP contribution in [0.3, 0.4) is 0 Å². The highest BCUT2D eigenvalue weighted by molar-refractivity contribution is 5.70. The van der Waals surface area contributed by atoms with Crippen LogP contribution in [0.25, 0.3) is 0 Å². The van der Waals surface area contributed by atoms with Crippen molar-refractivity contribution in [1.29, 1.82) is 0 Å². The SMILES string of the molecule is C[C@H]1[C@@H](C2CCCC2)OC(=O)N1C. The van der Waals surface area contributed by atoms with E-state index >= 15 is 0 Å². The number of rotatable bonds is 1. The summed E-state index contributed by atoms with van der Waals surface area (Å²) >= 11 is 0. The molecule has 1 amide bonds. The molecule has 1 aliphatic carbocycles. The van der Waals surface area contributed by atoms with Gasteiger partial charge in [-0.1, -0.05) is 12.8 Å². The Morgan fingerprint density at radius 3 is 2.46 bits per heavy atom. The van der Waals surface area contributed by atoms with Gasteiger partial charge in [0, 0.05) is 7.05 Å². The highest BCUT2D eigenvalue weighted by Gasteiger charge is 2.41. The van der Waals surface area contributed by atoms with Gasteiger partial charge in [0.15, 0.2) is 0 Å². The predicted octanol–water partition coefficient (Wildman–Crippen LogP) is 2.02. The molecular formula is C10H17NO2. The second kappa shape index (κ2) is 3.20. The summed E-state index contributed by atoms with van der Waals surface area (Å²) in [5.41, 5.74) is 0. The van der Waals surface area contributed by atoms with Crippen LogP contribution in [0.4, 0.5) is 4.79 Å². The lowest BCUT2D eigenvalue weighted by Gasteiger charge is -2.21. The van der Waals surface area contributed by atoms with Crippen LogP contribution in [-0.4, -0.2) is 30.2 Å². The number of amides is 1. The van der Waals surface area contributed by atoms with Crippen molar-refractivity contribution in [2.75, 3.05) is 7.05 Å². The van der Waals surface area contributed by atoms with Crippen LogP contribution in [0, 0.1) is 5.92 Å². The van der Waals surface area contributed by atoms with E-state index in [-0.39, 0.29) is 18.2 Å². The summed E-state index contributed by atoms with van der Waals surface area (Å²) in [5.74, 6) is 0.615. The van der Waals surface area contributed by atoms with E-state index < -0.39 is 0 Å². The van der Waals surface area contributed by atoms with Crippen molar-refractivity contribution in [3.05, 3.63) is 0 Å². The van der Waals surface area contributed by atoms with E-state index in [1.165, 1.54) is 25.7 Å². The maximum absolute atomic E-state index is 11.3. The van der Waals surface area contributed by atoms with Crippen molar-refractivity contribution in [2.45, 2.75) is 44.8 Å². The summed E-state index contributed by atoms with van der Waals surface area (Å²) in [7, 11) is 1.82. The first kappa shape index (κ1) is 8.85. The van der Waals surface area contributed by atoms with Gasteiger partial charge in [-0.3, -0.25) is 0 Å². The zero-order chi connectivity index (χ0) is 9.42. The minimum absolute atomic E-state index is 0.149. The lowest BCUT2D eigenvalue weighted by molar-refractivity contribution is 0.0949. The molecule has 0 radical (unpaired) electrons. The number of nitrogens with zero attached hydrogens (tertiary/aromatic N) is 1.